The van der Waals surface area contributed by atoms with Gasteiger partial charge >= 0.3 is 0 Å². The molecule has 1 heterocycles. The van der Waals surface area contributed by atoms with Crippen LogP contribution in [0.1, 0.15) is 32.0 Å². The Labute approximate surface area is 90.0 Å². The number of pyridine rings is 1. The summed E-state index contributed by atoms with van der Waals surface area (Å²) in [5.41, 5.74) is 0.953. The van der Waals surface area contributed by atoms with Crippen LogP contribution in [-0.2, 0) is 6.54 Å². The maximum atomic E-state index is 11.8. The lowest BCUT2D eigenvalue weighted by Gasteiger charge is -2.21. The van der Waals surface area contributed by atoms with E-state index >= 15 is 0 Å². The molecular weight excluding hydrogens is 188 g/mol. The van der Waals surface area contributed by atoms with E-state index in [1.54, 1.807) is 10.6 Å². The lowest BCUT2D eigenvalue weighted by molar-refractivity contribution is 0.334. The van der Waals surface area contributed by atoms with Crippen LogP contribution in [0, 0.1) is 23.7 Å². The Morgan fingerprint density at radius 2 is 2.00 bits per heavy atom. The average molecular weight is 204 g/mol. The fourth-order valence-electron chi connectivity index (χ4n) is 1.43. The van der Waals surface area contributed by atoms with E-state index < -0.39 is 0 Å². The molecule has 0 aliphatic carbocycles. The Bertz CT molecular complexity index is 458. The van der Waals surface area contributed by atoms with E-state index in [2.05, 4.69) is 20.8 Å². The molecule has 1 rings (SSSR count). The SMILES string of the molecule is Cc1ccc(C#N)c(=O)n1CC(C)(C)C. The molecule has 0 radical (unpaired) electrons. The van der Waals surface area contributed by atoms with Gasteiger partial charge in [0.1, 0.15) is 11.6 Å². The highest BCUT2D eigenvalue weighted by Gasteiger charge is 2.14. The molecular formula is C12H16N2O. The Morgan fingerprint density at radius 1 is 1.40 bits per heavy atom. The number of aryl methyl sites for hydroxylation is 1. The van der Waals surface area contributed by atoms with Crippen LogP contribution < -0.4 is 5.56 Å². The minimum atomic E-state index is -0.188. The van der Waals surface area contributed by atoms with Gasteiger partial charge in [0.25, 0.3) is 5.56 Å². The molecule has 3 nitrogen and oxygen atoms in total. The average Bonchev–Trinajstić information content (AvgIpc) is 2.11. The summed E-state index contributed by atoms with van der Waals surface area (Å²) in [6.07, 6.45) is 0. The van der Waals surface area contributed by atoms with Crippen molar-refractivity contribution in [2.75, 3.05) is 0 Å². The Morgan fingerprint density at radius 3 is 2.47 bits per heavy atom. The second-order valence-electron chi connectivity index (χ2n) is 4.95. The highest BCUT2D eigenvalue weighted by molar-refractivity contribution is 5.27. The molecule has 1 aromatic rings. The summed E-state index contributed by atoms with van der Waals surface area (Å²) < 4.78 is 1.67. The summed E-state index contributed by atoms with van der Waals surface area (Å²) in [6, 6.07) is 5.31. The smallest absolute Gasteiger partial charge is 0.268 e. The summed E-state index contributed by atoms with van der Waals surface area (Å²) in [4.78, 5) is 11.8. The summed E-state index contributed by atoms with van der Waals surface area (Å²) in [5, 5.41) is 8.77. The molecule has 0 saturated carbocycles. The van der Waals surface area contributed by atoms with Crippen LogP contribution in [0.2, 0.25) is 0 Å². The van der Waals surface area contributed by atoms with Crippen LogP contribution in [0.3, 0.4) is 0 Å². The van der Waals surface area contributed by atoms with Crippen LogP contribution in [0.5, 0.6) is 0 Å². The van der Waals surface area contributed by atoms with E-state index in [1.807, 2.05) is 19.1 Å². The molecule has 3 heteroatoms. The van der Waals surface area contributed by atoms with Crippen molar-refractivity contribution in [3.8, 4) is 6.07 Å². The second kappa shape index (κ2) is 3.90. The van der Waals surface area contributed by atoms with Crippen LogP contribution >= 0.6 is 0 Å². The number of rotatable bonds is 1. The van der Waals surface area contributed by atoms with E-state index in [4.69, 9.17) is 5.26 Å². The number of hydrogen-bond donors (Lipinski definition) is 0. The zero-order chi connectivity index (χ0) is 11.6. The molecule has 0 N–H and O–H groups in total. The molecule has 0 saturated heterocycles. The molecule has 15 heavy (non-hydrogen) atoms. The predicted molar refractivity (Wildman–Crippen MR) is 59.6 cm³/mol. The van der Waals surface area contributed by atoms with Gasteiger partial charge in [-0.2, -0.15) is 5.26 Å². The molecule has 0 fully saturated rings. The molecule has 0 unspecified atom stereocenters. The number of nitriles is 1. The lowest BCUT2D eigenvalue weighted by Crippen LogP contribution is -2.29. The van der Waals surface area contributed by atoms with Gasteiger partial charge in [0.05, 0.1) is 0 Å². The highest BCUT2D eigenvalue weighted by Crippen LogP contribution is 2.16. The molecule has 0 bridgehead atoms. The largest absolute Gasteiger partial charge is 0.311 e. The maximum absolute atomic E-state index is 11.8. The van der Waals surface area contributed by atoms with Gasteiger partial charge < -0.3 is 4.57 Å². The minimum absolute atomic E-state index is 0.0304. The van der Waals surface area contributed by atoms with Crippen LogP contribution in [0.15, 0.2) is 16.9 Å². The molecule has 0 spiro atoms. The molecule has 1 aromatic heterocycles. The van der Waals surface area contributed by atoms with Crippen molar-refractivity contribution < 1.29 is 0 Å². The van der Waals surface area contributed by atoms with Crippen LogP contribution in [-0.4, -0.2) is 4.57 Å². The summed E-state index contributed by atoms with van der Waals surface area (Å²) in [6.45, 7) is 8.72. The van der Waals surface area contributed by atoms with Gasteiger partial charge in [-0.1, -0.05) is 20.8 Å². The van der Waals surface area contributed by atoms with E-state index in [1.165, 1.54) is 0 Å². The first-order valence-electron chi connectivity index (χ1n) is 4.96. The van der Waals surface area contributed by atoms with Gasteiger partial charge in [0.2, 0.25) is 0 Å². The Kier molecular flexibility index (Phi) is 2.99. The van der Waals surface area contributed by atoms with Crippen molar-refractivity contribution in [1.82, 2.24) is 4.57 Å². The van der Waals surface area contributed by atoms with Crippen molar-refractivity contribution in [3.05, 3.63) is 33.7 Å². The summed E-state index contributed by atoms with van der Waals surface area (Å²) >= 11 is 0. The van der Waals surface area contributed by atoms with E-state index in [-0.39, 0.29) is 16.5 Å². The third-order valence-corrected chi connectivity index (χ3v) is 2.15. The monoisotopic (exact) mass is 204 g/mol. The zero-order valence-electron chi connectivity index (χ0n) is 9.66. The van der Waals surface area contributed by atoms with Gasteiger partial charge in [0, 0.05) is 12.2 Å². The quantitative estimate of drug-likeness (QED) is 0.703. The highest BCUT2D eigenvalue weighted by atomic mass is 16.1. The summed E-state index contributed by atoms with van der Waals surface area (Å²) in [5.74, 6) is 0. The van der Waals surface area contributed by atoms with Crippen molar-refractivity contribution in [1.29, 1.82) is 5.26 Å². The van der Waals surface area contributed by atoms with Crippen molar-refractivity contribution in [3.63, 3.8) is 0 Å². The first kappa shape index (κ1) is 11.5. The molecule has 0 aromatic carbocycles. The minimum Gasteiger partial charge on any atom is -0.311 e. The topological polar surface area (TPSA) is 45.8 Å². The normalized spacial score (nSPS) is 11.1. The van der Waals surface area contributed by atoms with Gasteiger partial charge in [-0.05, 0) is 24.5 Å². The van der Waals surface area contributed by atoms with Crippen molar-refractivity contribution in [2.24, 2.45) is 5.41 Å². The number of aromatic nitrogens is 1. The number of nitrogens with zero attached hydrogens (tertiary/aromatic N) is 2. The van der Waals surface area contributed by atoms with Gasteiger partial charge in [-0.3, -0.25) is 4.79 Å². The Hall–Kier alpha value is -1.56. The lowest BCUT2D eigenvalue weighted by atomic mass is 9.96. The fraction of sp³-hybridized carbons (Fsp3) is 0.500. The van der Waals surface area contributed by atoms with Gasteiger partial charge in [0.15, 0.2) is 0 Å². The first-order chi connectivity index (χ1) is 6.85. The molecule has 0 aliphatic rings. The third-order valence-electron chi connectivity index (χ3n) is 2.15. The molecule has 0 atom stereocenters. The van der Waals surface area contributed by atoms with Gasteiger partial charge in [-0.15, -0.1) is 0 Å². The third kappa shape index (κ3) is 2.69. The fourth-order valence-corrected chi connectivity index (χ4v) is 1.43. The maximum Gasteiger partial charge on any atom is 0.268 e. The second-order valence-corrected chi connectivity index (χ2v) is 4.95. The van der Waals surface area contributed by atoms with Crippen LogP contribution in [0.4, 0.5) is 0 Å². The van der Waals surface area contributed by atoms with Crippen LogP contribution in [0.25, 0.3) is 0 Å². The Balaban J connectivity index is 3.30. The molecule has 80 valence electrons. The van der Waals surface area contributed by atoms with Gasteiger partial charge in [-0.25, -0.2) is 0 Å². The van der Waals surface area contributed by atoms with Crippen molar-refractivity contribution in [2.45, 2.75) is 34.2 Å². The number of hydrogen-bond acceptors (Lipinski definition) is 2. The summed E-state index contributed by atoms with van der Waals surface area (Å²) in [7, 11) is 0. The molecule has 0 aliphatic heterocycles. The van der Waals surface area contributed by atoms with E-state index in [0.29, 0.717) is 6.54 Å². The predicted octanol–water partition coefficient (Wildman–Crippen LogP) is 2.07. The van der Waals surface area contributed by atoms with E-state index in [0.717, 1.165) is 5.69 Å². The standard InChI is InChI=1S/C12H16N2O/c1-9-5-6-10(7-13)11(15)14(9)8-12(2,3)4/h5-6H,8H2,1-4H3. The van der Waals surface area contributed by atoms with E-state index in [9.17, 15) is 4.79 Å². The first-order valence-corrected chi connectivity index (χ1v) is 4.96. The zero-order valence-corrected chi connectivity index (χ0v) is 9.66. The molecule has 0 amide bonds. The van der Waals surface area contributed by atoms with Crippen molar-refractivity contribution >= 4 is 0 Å².